The average molecular weight is 325 g/mol. The van der Waals surface area contributed by atoms with Gasteiger partial charge >= 0.3 is 0 Å². The number of nitrogens with zero attached hydrogens (tertiary/aromatic N) is 1. The zero-order chi connectivity index (χ0) is 17.4. The van der Waals surface area contributed by atoms with Crippen molar-refractivity contribution in [1.29, 1.82) is 0 Å². The molecule has 2 amide bonds. The summed E-state index contributed by atoms with van der Waals surface area (Å²) in [6.45, 7) is 4.83. The molecule has 1 aliphatic rings. The number of hydrogen-bond acceptors (Lipinski definition) is 4. The Morgan fingerprint density at radius 1 is 0.917 bits per heavy atom. The van der Waals surface area contributed by atoms with Crippen LogP contribution in [0.5, 0.6) is 0 Å². The molecule has 1 unspecified atom stereocenters. The van der Waals surface area contributed by atoms with E-state index < -0.39 is 0 Å². The molecule has 0 saturated carbocycles. The van der Waals surface area contributed by atoms with Crippen LogP contribution < -0.4 is 11.5 Å². The fraction of sp³-hybridized carbons (Fsp3) is 0.368. The maximum atomic E-state index is 12.8. The Hall–Kier alpha value is -2.24. The second-order valence-electron chi connectivity index (χ2n) is 6.50. The van der Waals surface area contributed by atoms with E-state index in [2.05, 4.69) is 0 Å². The molecule has 126 valence electrons. The molecule has 5 nitrogen and oxygen atoms in total. The van der Waals surface area contributed by atoms with E-state index in [4.69, 9.17) is 11.5 Å². The van der Waals surface area contributed by atoms with Crippen LogP contribution in [0.2, 0.25) is 0 Å². The van der Waals surface area contributed by atoms with Crippen LogP contribution in [0.15, 0.2) is 24.3 Å². The maximum Gasteiger partial charge on any atom is 0.261 e. The lowest BCUT2D eigenvalue weighted by Gasteiger charge is -2.29. The first-order valence-electron chi connectivity index (χ1n) is 8.30. The van der Waals surface area contributed by atoms with Crippen LogP contribution in [0.4, 0.5) is 0 Å². The van der Waals surface area contributed by atoms with E-state index in [9.17, 15) is 9.59 Å². The van der Waals surface area contributed by atoms with E-state index in [0.29, 0.717) is 37.1 Å². The van der Waals surface area contributed by atoms with Gasteiger partial charge in [-0.25, -0.2) is 0 Å². The van der Waals surface area contributed by atoms with Crippen LogP contribution in [0.3, 0.4) is 0 Å². The highest BCUT2D eigenvalue weighted by atomic mass is 16.2. The minimum absolute atomic E-state index is 0.104. The molecule has 1 aliphatic heterocycles. The van der Waals surface area contributed by atoms with Gasteiger partial charge in [0.2, 0.25) is 0 Å². The highest BCUT2D eigenvalue weighted by molar-refractivity contribution is 6.26. The quantitative estimate of drug-likeness (QED) is 0.824. The highest BCUT2D eigenvalue weighted by Gasteiger charge is 2.33. The van der Waals surface area contributed by atoms with Crippen LogP contribution in [0.25, 0.3) is 10.8 Å². The Kier molecular flexibility index (Phi) is 4.39. The molecule has 0 bridgehead atoms. The molecular formula is C19H23N3O2. The van der Waals surface area contributed by atoms with Gasteiger partial charge in [0.05, 0.1) is 0 Å². The minimum Gasteiger partial charge on any atom is -0.330 e. The molecule has 2 aromatic carbocycles. The number of nitrogens with two attached hydrogens (primary N) is 2. The number of rotatable bonds is 5. The number of benzene rings is 2. The molecule has 2 aromatic rings. The summed E-state index contributed by atoms with van der Waals surface area (Å²) in [5.74, 6) is -0.467. The molecule has 3 rings (SSSR count). The number of imide groups is 1. The Morgan fingerprint density at radius 2 is 1.46 bits per heavy atom. The molecule has 0 radical (unpaired) electrons. The van der Waals surface area contributed by atoms with Crippen molar-refractivity contribution in [3.8, 4) is 0 Å². The third-order valence-corrected chi connectivity index (χ3v) is 4.79. The summed E-state index contributed by atoms with van der Waals surface area (Å²) in [5.41, 5.74) is 14.8. The maximum absolute atomic E-state index is 12.8. The van der Waals surface area contributed by atoms with Crippen molar-refractivity contribution >= 4 is 22.6 Å². The summed E-state index contributed by atoms with van der Waals surface area (Å²) < 4.78 is 0. The topological polar surface area (TPSA) is 89.4 Å². The molecule has 0 aromatic heterocycles. The van der Waals surface area contributed by atoms with Gasteiger partial charge in [0.15, 0.2) is 0 Å². The van der Waals surface area contributed by atoms with E-state index in [1.54, 1.807) is 0 Å². The van der Waals surface area contributed by atoms with Crippen LogP contribution in [-0.2, 0) is 0 Å². The molecular weight excluding hydrogens is 302 g/mol. The Bertz CT molecular complexity index is 772. The fourth-order valence-corrected chi connectivity index (χ4v) is 3.47. The Labute approximate surface area is 141 Å². The van der Waals surface area contributed by atoms with E-state index >= 15 is 0 Å². The zero-order valence-electron chi connectivity index (χ0n) is 14.1. The summed E-state index contributed by atoms with van der Waals surface area (Å²) in [6.07, 6.45) is 1.24. The molecule has 24 heavy (non-hydrogen) atoms. The van der Waals surface area contributed by atoms with Crippen LogP contribution in [-0.4, -0.2) is 35.8 Å². The van der Waals surface area contributed by atoms with Crippen molar-refractivity contribution in [2.24, 2.45) is 11.5 Å². The monoisotopic (exact) mass is 325 g/mol. The van der Waals surface area contributed by atoms with Crippen molar-refractivity contribution in [2.45, 2.75) is 32.7 Å². The number of aryl methyl sites for hydroxylation is 2. The van der Waals surface area contributed by atoms with Gasteiger partial charge in [0, 0.05) is 29.1 Å². The number of carbonyl (C=O) groups excluding carboxylic acids is 2. The largest absolute Gasteiger partial charge is 0.330 e. The molecule has 1 heterocycles. The third kappa shape index (κ3) is 2.60. The summed E-state index contributed by atoms with van der Waals surface area (Å²) in [7, 11) is 0. The van der Waals surface area contributed by atoms with Crippen LogP contribution in [0.1, 0.15) is 44.7 Å². The van der Waals surface area contributed by atoms with E-state index in [-0.39, 0.29) is 17.9 Å². The minimum atomic E-state index is -0.233. The number of amides is 2. The third-order valence-electron chi connectivity index (χ3n) is 4.79. The first kappa shape index (κ1) is 16.6. The van der Waals surface area contributed by atoms with Crippen molar-refractivity contribution in [3.63, 3.8) is 0 Å². The second kappa shape index (κ2) is 6.34. The summed E-state index contributed by atoms with van der Waals surface area (Å²) in [5, 5.41) is 1.79. The van der Waals surface area contributed by atoms with E-state index in [1.807, 2.05) is 38.1 Å². The lowest BCUT2D eigenvalue weighted by molar-refractivity contribution is 0.0606. The first-order valence-corrected chi connectivity index (χ1v) is 8.30. The van der Waals surface area contributed by atoms with Gasteiger partial charge in [-0.05, 0) is 61.9 Å². The summed E-state index contributed by atoms with van der Waals surface area (Å²) in [4.78, 5) is 27.0. The fourth-order valence-electron chi connectivity index (χ4n) is 3.47. The van der Waals surface area contributed by atoms with Crippen molar-refractivity contribution in [2.75, 3.05) is 13.1 Å². The zero-order valence-corrected chi connectivity index (χ0v) is 14.1. The van der Waals surface area contributed by atoms with Gasteiger partial charge < -0.3 is 11.5 Å². The first-order chi connectivity index (χ1) is 11.5. The lowest BCUT2D eigenvalue weighted by atomic mass is 9.89. The average Bonchev–Trinajstić information content (AvgIpc) is 2.54. The normalized spacial score (nSPS) is 15.2. The van der Waals surface area contributed by atoms with Gasteiger partial charge in [-0.15, -0.1) is 0 Å². The molecule has 5 heteroatoms. The molecule has 0 saturated heterocycles. The molecule has 0 aliphatic carbocycles. The van der Waals surface area contributed by atoms with E-state index in [1.165, 1.54) is 4.90 Å². The standard InChI is InChI=1S/C19H23N3O2/c1-11-3-5-14-17-15(6-4-12(2)16(11)17)19(24)22(18(14)23)10-8-13(21)7-9-20/h3-6,13H,7-10,20-21H2,1-2H3. The molecule has 0 spiro atoms. The Balaban J connectivity index is 2.03. The van der Waals surface area contributed by atoms with Crippen LogP contribution >= 0.6 is 0 Å². The molecule has 0 fully saturated rings. The summed E-state index contributed by atoms with van der Waals surface area (Å²) in [6, 6.07) is 7.43. The lowest BCUT2D eigenvalue weighted by Crippen LogP contribution is -2.42. The molecule has 4 N–H and O–H groups in total. The van der Waals surface area contributed by atoms with Gasteiger partial charge in [-0.3, -0.25) is 14.5 Å². The van der Waals surface area contributed by atoms with Gasteiger partial charge in [-0.2, -0.15) is 0 Å². The predicted octanol–water partition coefficient (Wildman–Crippen LogP) is 2.12. The highest BCUT2D eigenvalue weighted by Crippen LogP contribution is 2.34. The SMILES string of the molecule is Cc1ccc2c3c(ccc(C)c13)C(=O)N(CCC(N)CCN)C2=O. The van der Waals surface area contributed by atoms with Crippen LogP contribution in [0, 0.1) is 13.8 Å². The van der Waals surface area contributed by atoms with Gasteiger partial charge in [0.1, 0.15) is 0 Å². The Morgan fingerprint density at radius 3 is 1.96 bits per heavy atom. The summed E-state index contributed by atoms with van der Waals surface area (Å²) >= 11 is 0. The van der Waals surface area contributed by atoms with Crippen molar-refractivity contribution in [1.82, 2.24) is 4.90 Å². The van der Waals surface area contributed by atoms with E-state index in [0.717, 1.165) is 21.9 Å². The second-order valence-corrected chi connectivity index (χ2v) is 6.50. The van der Waals surface area contributed by atoms with Gasteiger partial charge in [-0.1, -0.05) is 12.1 Å². The van der Waals surface area contributed by atoms with Crippen molar-refractivity contribution < 1.29 is 9.59 Å². The number of hydrogen-bond donors (Lipinski definition) is 2. The van der Waals surface area contributed by atoms with Gasteiger partial charge in [0.25, 0.3) is 11.8 Å². The smallest absolute Gasteiger partial charge is 0.261 e. The number of carbonyl (C=O) groups is 2. The predicted molar refractivity (Wildman–Crippen MR) is 95.1 cm³/mol. The molecule has 1 atom stereocenters. The van der Waals surface area contributed by atoms with Crippen molar-refractivity contribution in [3.05, 3.63) is 46.5 Å².